The van der Waals surface area contributed by atoms with Crippen LogP contribution in [0.3, 0.4) is 0 Å². The van der Waals surface area contributed by atoms with Gasteiger partial charge in [0.15, 0.2) is 17.3 Å². The molecule has 2 aromatic carbocycles. The lowest BCUT2D eigenvalue weighted by atomic mass is 9.93. The van der Waals surface area contributed by atoms with Gasteiger partial charge in [0.2, 0.25) is 11.8 Å². The summed E-state index contributed by atoms with van der Waals surface area (Å²) in [4.78, 5) is 69.9. The fourth-order valence-electron chi connectivity index (χ4n) is 8.75. The first-order valence-corrected chi connectivity index (χ1v) is 20.3. The molecule has 5 amide bonds. The van der Waals surface area contributed by atoms with E-state index in [4.69, 9.17) is 21.6 Å². The first kappa shape index (κ1) is 40.1. The number of hydrogen-bond acceptors (Lipinski definition) is 12. The monoisotopic (exact) mass is 829 g/mol. The summed E-state index contributed by atoms with van der Waals surface area (Å²) < 4.78 is 37.4. The Labute approximate surface area is 343 Å². The van der Waals surface area contributed by atoms with Gasteiger partial charge in [-0.05, 0) is 81.2 Å². The molecule has 308 valence electrons. The number of carbonyl (C=O) groups is 5. The minimum atomic E-state index is -1.28. The molecule has 0 bridgehead atoms. The fraction of sp³-hybridized carbons (Fsp3) is 0.463. The molecule has 2 N–H and O–H groups in total. The molecule has 1 unspecified atom stereocenters. The zero-order valence-electron chi connectivity index (χ0n) is 32.1. The van der Waals surface area contributed by atoms with Crippen molar-refractivity contribution in [1.29, 1.82) is 5.26 Å². The third-order valence-corrected chi connectivity index (χ3v) is 12.3. The van der Waals surface area contributed by atoms with Gasteiger partial charge in [0.25, 0.3) is 17.7 Å². The van der Waals surface area contributed by atoms with Gasteiger partial charge in [0.05, 0.1) is 27.8 Å². The van der Waals surface area contributed by atoms with E-state index in [1.54, 1.807) is 29.2 Å². The second-order valence-electron chi connectivity index (χ2n) is 15.7. The first-order chi connectivity index (χ1) is 28.5. The van der Waals surface area contributed by atoms with E-state index in [9.17, 15) is 24.0 Å². The Bertz CT molecular complexity index is 2220. The van der Waals surface area contributed by atoms with Gasteiger partial charge < -0.3 is 19.9 Å². The van der Waals surface area contributed by atoms with Crippen molar-refractivity contribution < 1.29 is 37.5 Å². The van der Waals surface area contributed by atoms with Crippen molar-refractivity contribution in [2.75, 3.05) is 55.6 Å². The van der Waals surface area contributed by atoms with Crippen molar-refractivity contribution in [2.45, 2.75) is 69.6 Å². The summed E-state index contributed by atoms with van der Waals surface area (Å²) in [5, 5.41) is 23.2. The molecule has 5 aliphatic rings. The van der Waals surface area contributed by atoms with Gasteiger partial charge in [-0.3, -0.25) is 39.1 Å². The zero-order valence-corrected chi connectivity index (χ0v) is 32.8. The van der Waals surface area contributed by atoms with Gasteiger partial charge in [-0.15, -0.1) is 10.2 Å². The predicted octanol–water partition coefficient (Wildman–Crippen LogP) is 3.84. The smallest absolute Gasteiger partial charge is 0.272 e. The maximum atomic E-state index is 15.9. The maximum Gasteiger partial charge on any atom is 0.272 e. The molecule has 4 aliphatic heterocycles. The van der Waals surface area contributed by atoms with Gasteiger partial charge in [-0.25, -0.2) is 8.78 Å². The van der Waals surface area contributed by atoms with Crippen LogP contribution in [0.2, 0.25) is 5.02 Å². The van der Waals surface area contributed by atoms with E-state index in [1.165, 1.54) is 0 Å². The predicted molar refractivity (Wildman–Crippen MR) is 209 cm³/mol. The third kappa shape index (κ3) is 8.28. The Morgan fingerprint density at radius 2 is 1.64 bits per heavy atom. The fourth-order valence-corrected chi connectivity index (χ4v) is 8.96. The highest BCUT2D eigenvalue weighted by Gasteiger charge is 2.47. The number of carbonyl (C=O) groups excluding carboxylic acids is 5. The van der Waals surface area contributed by atoms with E-state index in [0.29, 0.717) is 59.2 Å². The molecule has 3 aromatic rings. The number of piperazine rings is 1. The number of halogens is 3. The Kier molecular flexibility index (Phi) is 11.5. The van der Waals surface area contributed by atoms with Crippen LogP contribution in [0.1, 0.15) is 88.1 Å². The SMILES string of the molecule is N#Cc1ccc(OC2CCC(NC(=O)c3ccc(N4CCC(CN5CCN(c6c(F)cc7c(c6F)C(=O)N(C6CCC(=O)NC6=O)C7=O)CC5)CC4)nn3)CC2)cc1Cl. The minimum absolute atomic E-state index is 0.00527. The Balaban J connectivity index is 0.776. The van der Waals surface area contributed by atoms with Crippen LogP contribution in [0.5, 0.6) is 5.75 Å². The normalized spacial score (nSPS) is 22.9. The number of anilines is 2. The minimum Gasteiger partial charge on any atom is -0.490 e. The van der Waals surface area contributed by atoms with Crippen LogP contribution < -0.4 is 25.2 Å². The molecule has 1 aromatic heterocycles. The van der Waals surface area contributed by atoms with Crippen LogP contribution in [-0.2, 0) is 9.59 Å². The number of aromatic nitrogens is 2. The van der Waals surface area contributed by atoms with Crippen LogP contribution in [0.4, 0.5) is 20.3 Å². The van der Waals surface area contributed by atoms with Gasteiger partial charge in [0.1, 0.15) is 29.4 Å². The van der Waals surface area contributed by atoms with Crippen molar-refractivity contribution in [2.24, 2.45) is 5.92 Å². The number of amides is 5. The average molecular weight is 830 g/mol. The zero-order chi connectivity index (χ0) is 41.4. The molecule has 4 fully saturated rings. The van der Waals surface area contributed by atoms with E-state index >= 15 is 8.78 Å². The molecular formula is C41H42ClF2N9O6. The lowest BCUT2D eigenvalue weighted by molar-refractivity contribution is -0.136. The molecule has 1 aliphatic carbocycles. The summed E-state index contributed by atoms with van der Waals surface area (Å²) in [5.41, 5.74) is -0.700. The van der Waals surface area contributed by atoms with Crippen molar-refractivity contribution in [3.8, 4) is 11.8 Å². The molecule has 1 atom stereocenters. The average Bonchev–Trinajstić information content (AvgIpc) is 3.47. The van der Waals surface area contributed by atoms with Crippen LogP contribution in [0.15, 0.2) is 36.4 Å². The number of nitrogens with one attached hydrogen (secondary N) is 2. The number of rotatable bonds is 9. The summed E-state index contributed by atoms with van der Waals surface area (Å²) in [7, 11) is 0. The number of ether oxygens (including phenoxy) is 1. The molecule has 59 heavy (non-hydrogen) atoms. The third-order valence-electron chi connectivity index (χ3n) is 12.0. The number of fused-ring (bicyclic) bond motifs is 1. The summed E-state index contributed by atoms with van der Waals surface area (Å²) in [6, 6.07) is 10.2. The number of piperidine rings is 2. The van der Waals surface area contributed by atoms with Gasteiger partial charge in [-0.1, -0.05) is 11.6 Å². The molecule has 18 heteroatoms. The van der Waals surface area contributed by atoms with Gasteiger partial charge in [-0.2, -0.15) is 5.26 Å². The second kappa shape index (κ2) is 16.9. The van der Waals surface area contributed by atoms with Crippen molar-refractivity contribution in [3.63, 3.8) is 0 Å². The van der Waals surface area contributed by atoms with Crippen LogP contribution in [0.25, 0.3) is 0 Å². The number of imide groups is 2. The van der Waals surface area contributed by atoms with E-state index in [-0.39, 0.29) is 42.3 Å². The van der Waals surface area contributed by atoms with Crippen LogP contribution in [-0.4, -0.2) is 114 Å². The highest BCUT2D eigenvalue weighted by molar-refractivity contribution is 6.31. The second-order valence-corrected chi connectivity index (χ2v) is 16.1. The summed E-state index contributed by atoms with van der Waals surface area (Å²) in [6.07, 6.45) is 4.66. The topological polar surface area (TPSA) is 181 Å². The summed E-state index contributed by atoms with van der Waals surface area (Å²) in [5.74, 6) is -3.96. The number of nitrogens with zero attached hydrogens (tertiary/aromatic N) is 7. The maximum absolute atomic E-state index is 15.9. The Morgan fingerprint density at radius 3 is 2.31 bits per heavy atom. The first-order valence-electron chi connectivity index (χ1n) is 19.9. The standard InChI is InChI=1S/C41H42ClF2N9O6/c42-29-19-27(4-1-24(29)21-45)59-26-5-2-25(3-6-26)46-38(55)31-7-9-33(49-48-31)51-13-11-23(12-14-51)22-50-15-17-52(18-16-50)37-30(43)20-28-35(36(37)44)41(58)53(40(28)57)32-8-10-34(54)47-39(32)56/h1,4,7,9,19-20,23,25-26,32H,2-3,5-6,8,10-18,22H2,(H,46,55)(H,47,54,56). The van der Waals surface area contributed by atoms with E-state index in [0.717, 1.165) is 64.2 Å². The molecule has 3 saturated heterocycles. The molecule has 5 heterocycles. The summed E-state index contributed by atoms with van der Waals surface area (Å²) >= 11 is 6.13. The Morgan fingerprint density at radius 1 is 0.898 bits per heavy atom. The van der Waals surface area contributed by atoms with Crippen LogP contribution in [0, 0.1) is 28.9 Å². The molecule has 0 radical (unpaired) electrons. The number of benzene rings is 2. The van der Waals surface area contributed by atoms with Crippen molar-refractivity contribution >= 4 is 52.6 Å². The molecular weight excluding hydrogens is 788 g/mol. The highest BCUT2D eigenvalue weighted by atomic mass is 35.5. The van der Waals surface area contributed by atoms with E-state index in [2.05, 4.69) is 30.6 Å². The lowest BCUT2D eigenvalue weighted by Gasteiger charge is -2.40. The lowest BCUT2D eigenvalue weighted by Crippen LogP contribution is -2.54. The van der Waals surface area contributed by atoms with Crippen molar-refractivity contribution in [3.05, 3.63) is 75.4 Å². The van der Waals surface area contributed by atoms with Crippen molar-refractivity contribution in [1.82, 2.24) is 30.6 Å². The van der Waals surface area contributed by atoms with E-state index < -0.39 is 52.4 Å². The summed E-state index contributed by atoms with van der Waals surface area (Å²) in [6.45, 7) is 4.05. The highest BCUT2D eigenvalue weighted by Crippen LogP contribution is 2.37. The largest absolute Gasteiger partial charge is 0.490 e. The molecule has 0 spiro atoms. The van der Waals surface area contributed by atoms with Gasteiger partial charge in [0, 0.05) is 64.3 Å². The van der Waals surface area contributed by atoms with Crippen LogP contribution >= 0.6 is 11.6 Å². The molecule has 15 nitrogen and oxygen atoms in total. The molecule has 8 rings (SSSR count). The van der Waals surface area contributed by atoms with Gasteiger partial charge >= 0.3 is 0 Å². The quantitative estimate of drug-likeness (QED) is 0.298. The Hall–Kier alpha value is -5.73. The number of hydrogen-bond donors (Lipinski definition) is 2. The van der Waals surface area contributed by atoms with E-state index in [1.807, 2.05) is 12.1 Å². The molecule has 1 saturated carbocycles. The number of nitriles is 1.